The Bertz CT molecular complexity index is 313. The minimum absolute atomic E-state index is 0.726. The predicted octanol–water partition coefficient (Wildman–Crippen LogP) is 2.95. The molecule has 0 spiro atoms. The summed E-state index contributed by atoms with van der Waals surface area (Å²) in [6, 6.07) is 0.726. The topological polar surface area (TPSA) is 17.8 Å². The molecule has 0 unspecified atom stereocenters. The summed E-state index contributed by atoms with van der Waals surface area (Å²) < 4.78 is 3.66. The van der Waals surface area contributed by atoms with E-state index in [1.807, 2.05) is 0 Å². The maximum absolute atomic E-state index is 4.67. The van der Waals surface area contributed by atoms with Crippen LogP contribution in [0.3, 0.4) is 0 Å². The first kappa shape index (κ1) is 9.49. The van der Waals surface area contributed by atoms with Crippen LogP contribution < -0.4 is 0 Å². The van der Waals surface area contributed by atoms with Gasteiger partial charge in [-0.15, -0.1) is 0 Å². The van der Waals surface area contributed by atoms with Crippen molar-refractivity contribution in [2.45, 2.75) is 45.6 Å². The lowest BCUT2D eigenvalue weighted by Crippen LogP contribution is -2.01. The lowest BCUT2D eigenvalue weighted by atomic mass is 10.2. The van der Waals surface area contributed by atoms with Crippen LogP contribution in [0.25, 0.3) is 0 Å². The fourth-order valence-electron chi connectivity index (χ4n) is 1.67. The van der Waals surface area contributed by atoms with Crippen molar-refractivity contribution in [2.75, 3.05) is 0 Å². The summed E-state index contributed by atoms with van der Waals surface area (Å²) in [7, 11) is 0. The maximum Gasteiger partial charge on any atom is 0.0758 e. The van der Waals surface area contributed by atoms with E-state index in [1.165, 1.54) is 27.8 Å². The fourth-order valence-corrected chi connectivity index (χ4v) is 2.78. The van der Waals surface area contributed by atoms with Gasteiger partial charge in [0.15, 0.2) is 0 Å². The number of rotatable bonds is 3. The summed E-state index contributed by atoms with van der Waals surface area (Å²) >= 11 is 2.44. The lowest BCUT2D eigenvalue weighted by Gasteiger charge is -2.02. The Kier molecular flexibility index (Phi) is 2.62. The molecule has 0 radical (unpaired) electrons. The zero-order valence-corrected chi connectivity index (χ0v) is 10.3. The van der Waals surface area contributed by atoms with Gasteiger partial charge in [0.1, 0.15) is 0 Å². The second-order valence-corrected chi connectivity index (χ2v) is 4.67. The van der Waals surface area contributed by atoms with Gasteiger partial charge < -0.3 is 0 Å². The quantitative estimate of drug-likeness (QED) is 0.783. The highest BCUT2D eigenvalue weighted by atomic mass is 127. The van der Waals surface area contributed by atoms with Crippen molar-refractivity contribution >= 4 is 22.6 Å². The molecule has 0 saturated heterocycles. The SMILES string of the molecule is CCc1nn(C2CC2)c(CC)c1I. The lowest BCUT2D eigenvalue weighted by molar-refractivity contribution is 0.601. The van der Waals surface area contributed by atoms with E-state index < -0.39 is 0 Å². The monoisotopic (exact) mass is 290 g/mol. The van der Waals surface area contributed by atoms with Crippen molar-refractivity contribution in [3.05, 3.63) is 15.0 Å². The standard InChI is InChI=1S/C10H15IN2/c1-3-8-10(11)9(4-2)13(12-8)7-5-6-7/h7H,3-6H2,1-2H3. The van der Waals surface area contributed by atoms with E-state index in [9.17, 15) is 0 Å². The first-order chi connectivity index (χ1) is 6.27. The molecule has 1 heterocycles. The molecule has 72 valence electrons. The highest BCUT2D eigenvalue weighted by Crippen LogP contribution is 2.37. The van der Waals surface area contributed by atoms with Crippen LogP contribution in [0.4, 0.5) is 0 Å². The third kappa shape index (κ3) is 1.63. The molecule has 3 heteroatoms. The number of aryl methyl sites for hydroxylation is 1. The molecular weight excluding hydrogens is 275 g/mol. The summed E-state index contributed by atoms with van der Waals surface area (Å²) in [5.41, 5.74) is 2.73. The van der Waals surface area contributed by atoms with Crippen molar-refractivity contribution in [3.8, 4) is 0 Å². The molecule has 0 amide bonds. The minimum atomic E-state index is 0.726. The van der Waals surface area contributed by atoms with Crippen LogP contribution >= 0.6 is 22.6 Å². The Hall–Kier alpha value is -0.0600. The van der Waals surface area contributed by atoms with E-state index in [4.69, 9.17) is 0 Å². The van der Waals surface area contributed by atoms with Crippen LogP contribution in [0.5, 0.6) is 0 Å². The Morgan fingerprint density at radius 2 is 2.08 bits per heavy atom. The van der Waals surface area contributed by atoms with Gasteiger partial charge in [0.2, 0.25) is 0 Å². The Morgan fingerprint density at radius 3 is 2.54 bits per heavy atom. The number of halogens is 1. The van der Waals surface area contributed by atoms with Crippen LogP contribution in [0, 0.1) is 3.57 Å². The van der Waals surface area contributed by atoms with E-state index in [2.05, 4.69) is 46.2 Å². The first-order valence-corrected chi connectivity index (χ1v) is 6.11. The molecule has 0 N–H and O–H groups in total. The fraction of sp³-hybridized carbons (Fsp3) is 0.700. The van der Waals surface area contributed by atoms with Gasteiger partial charge in [-0.3, -0.25) is 4.68 Å². The zero-order chi connectivity index (χ0) is 9.42. The van der Waals surface area contributed by atoms with E-state index in [0.29, 0.717) is 0 Å². The largest absolute Gasteiger partial charge is 0.265 e. The molecular formula is C10H15IN2. The average Bonchev–Trinajstić information content (AvgIpc) is 2.91. The molecule has 1 fully saturated rings. The van der Waals surface area contributed by atoms with Gasteiger partial charge >= 0.3 is 0 Å². The van der Waals surface area contributed by atoms with Crippen molar-refractivity contribution < 1.29 is 0 Å². The predicted molar refractivity (Wildman–Crippen MR) is 62.0 cm³/mol. The molecule has 1 aromatic rings. The van der Waals surface area contributed by atoms with Gasteiger partial charge in [0.25, 0.3) is 0 Å². The van der Waals surface area contributed by atoms with Crippen molar-refractivity contribution in [2.24, 2.45) is 0 Å². The smallest absolute Gasteiger partial charge is 0.0758 e. The normalized spacial score (nSPS) is 16.5. The Labute approximate surface area is 92.8 Å². The number of aromatic nitrogens is 2. The maximum atomic E-state index is 4.67. The van der Waals surface area contributed by atoms with Gasteiger partial charge in [-0.05, 0) is 48.3 Å². The number of hydrogen-bond donors (Lipinski definition) is 0. The minimum Gasteiger partial charge on any atom is -0.265 e. The summed E-state index contributed by atoms with van der Waals surface area (Å²) in [4.78, 5) is 0. The first-order valence-electron chi connectivity index (χ1n) is 5.03. The Balaban J connectivity index is 2.42. The molecule has 0 aromatic carbocycles. The van der Waals surface area contributed by atoms with E-state index in [-0.39, 0.29) is 0 Å². The van der Waals surface area contributed by atoms with Crippen LogP contribution in [-0.2, 0) is 12.8 Å². The second kappa shape index (κ2) is 3.59. The van der Waals surface area contributed by atoms with E-state index in [0.717, 1.165) is 18.9 Å². The van der Waals surface area contributed by atoms with E-state index in [1.54, 1.807) is 0 Å². The molecule has 1 aromatic heterocycles. The van der Waals surface area contributed by atoms with Crippen LogP contribution in [0.1, 0.15) is 44.1 Å². The van der Waals surface area contributed by atoms with Gasteiger partial charge in [-0.25, -0.2) is 0 Å². The number of hydrogen-bond acceptors (Lipinski definition) is 1. The van der Waals surface area contributed by atoms with Crippen LogP contribution in [-0.4, -0.2) is 9.78 Å². The molecule has 1 aliphatic rings. The zero-order valence-electron chi connectivity index (χ0n) is 8.18. The van der Waals surface area contributed by atoms with Gasteiger partial charge in [-0.2, -0.15) is 5.10 Å². The third-order valence-electron chi connectivity index (χ3n) is 2.57. The van der Waals surface area contributed by atoms with Crippen molar-refractivity contribution in [3.63, 3.8) is 0 Å². The van der Waals surface area contributed by atoms with Crippen LogP contribution in [0.15, 0.2) is 0 Å². The van der Waals surface area contributed by atoms with E-state index >= 15 is 0 Å². The summed E-state index contributed by atoms with van der Waals surface area (Å²) in [6.07, 6.45) is 4.83. The highest BCUT2D eigenvalue weighted by Gasteiger charge is 2.28. The van der Waals surface area contributed by atoms with Crippen molar-refractivity contribution in [1.82, 2.24) is 9.78 Å². The third-order valence-corrected chi connectivity index (χ3v) is 3.82. The Morgan fingerprint density at radius 1 is 1.38 bits per heavy atom. The molecule has 2 nitrogen and oxygen atoms in total. The average molecular weight is 290 g/mol. The second-order valence-electron chi connectivity index (χ2n) is 3.59. The van der Waals surface area contributed by atoms with Crippen molar-refractivity contribution in [1.29, 1.82) is 0 Å². The molecule has 1 aliphatic carbocycles. The van der Waals surface area contributed by atoms with Crippen LogP contribution in [0.2, 0.25) is 0 Å². The molecule has 0 atom stereocenters. The van der Waals surface area contributed by atoms with Gasteiger partial charge in [0.05, 0.1) is 21.0 Å². The highest BCUT2D eigenvalue weighted by molar-refractivity contribution is 14.1. The molecule has 1 saturated carbocycles. The summed E-state index contributed by atoms with van der Waals surface area (Å²) in [5.74, 6) is 0. The molecule has 0 aliphatic heterocycles. The molecule has 13 heavy (non-hydrogen) atoms. The van der Waals surface area contributed by atoms with Gasteiger partial charge in [-0.1, -0.05) is 13.8 Å². The van der Waals surface area contributed by atoms with Gasteiger partial charge in [0, 0.05) is 0 Å². The molecule has 0 bridgehead atoms. The molecule has 2 rings (SSSR count). The summed E-state index contributed by atoms with van der Waals surface area (Å²) in [6.45, 7) is 4.40. The summed E-state index contributed by atoms with van der Waals surface area (Å²) in [5, 5.41) is 4.67. The number of nitrogens with zero attached hydrogens (tertiary/aromatic N) is 2.